The smallest absolute Gasteiger partial charge is 0.323 e. The van der Waals surface area contributed by atoms with Crippen LogP contribution in [0.3, 0.4) is 0 Å². The highest BCUT2D eigenvalue weighted by Gasteiger charge is 2.20. The van der Waals surface area contributed by atoms with Crippen LogP contribution in [-0.2, 0) is 5.41 Å². The maximum atomic E-state index is 13.9. The minimum Gasteiger partial charge on any atom is -0.437 e. The number of halogens is 2. The van der Waals surface area contributed by atoms with Crippen LogP contribution in [0.15, 0.2) is 60.8 Å². The van der Waals surface area contributed by atoms with Gasteiger partial charge in [0.1, 0.15) is 17.3 Å². The Balaban J connectivity index is 1.80. The van der Waals surface area contributed by atoms with Crippen molar-refractivity contribution in [2.75, 3.05) is 10.6 Å². The van der Waals surface area contributed by atoms with Gasteiger partial charge in [-0.3, -0.25) is 0 Å². The number of urea groups is 1. The van der Waals surface area contributed by atoms with Gasteiger partial charge in [0, 0.05) is 16.8 Å². The number of hydrogen-bond donors (Lipinski definition) is 2. The SMILES string of the molecule is CC(C)(C)c1ccccc1Oc1ncccc1NC(=O)Nc1ccc(Cl)cc1F. The van der Waals surface area contributed by atoms with Crippen molar-refractivity contribution in [3.8, 4) is 11.6 Å². The first-order chi connectivity index (χ1) is 13.7. The summed E-state index contributed by atoms with van der Waals surface area (Å²) in [6.45, 7) is 6.25. The van der Waals surface area contributed by atoms with Crippen molar-refractivity contribution in [3.05, 3.63) is 77.2 Å². The van der Waals surface area contributed by atoms with Crippen LogP contribution in [0.25, 0.3) is 0 Å². The summed E-state index contributed by atoms with van der Waals surface area (Å²) < 4.78 is 19.9. The Morgan fingerprint density at radius 1 is 1.03 bits per heavy atom. The minimum atomic E-state index is -0.631. The van der Waals surface area contributed by atoms with E-state index >= 15 is 0 Å². The van der Waals surface area contributed by atoms with Crippen LogP contribution in [0.2, 0.25) is 5.02 Å². The van der Waals surface area contributed by atoms with Gasteiger partial charge in [0.25, 0.3) is 0 Å². The molecule has 2 aromatic carbocycles. The van der Waals surface area contributed by atoms with Crippen LogP contribution in [-0.4, -0.2) is 11.0 Å². The maximum absolute atomic E-state index is 13.9. The Morgan fingerprint density at radius 3 is 2.48 bits per heavy atom. The Kier molecular flexibility index (Phi) is 6.03. The van der Waals surface area contributed by atoms with Crippen LogP contribution < -0.4 is 15.4 Å². The molecule has 1 aromatic heterocycles. The largest absolute Gasteiger partial charge is 0.437 e. The van der Waals surface area contributed by atoms with Crippen LogP contribution in [0.4, 0.5) is 20.6 Å². The molecule has 0 saturated carbocycles. The van der Waals surface area contributed by atoms with E-state index in [1.165, 1.54) is 12.1 Å². The summed E-state index contributed by atoms with van der Waals surface area (Å²) in [5.74, 6) is 0.247. The summed E-state index contributed by atoms with van der Waals surface area (Å²) in [7, 11) is 0. The second-order valence-electron chi connectivity index (χ2n) is 7.41. The number of anilines is 2. The molecule has 7 heteroatoms. The second-order valence-corrected chi connectivity index (χ2v) is 7.84. The third-order valence-electron chi connectivity index (χ3n) is 4.10. The number of pyridine rings is 1. The van der Waals surface area contributed by atoms with E-state index in [1.807, 2.05) is 24.3 Å². The number of rotatable bonds is 4. The summed E-state index contributed by atoms with van der Waals surface area (Å²) >= 11 is 5.73. The molecule has 0 radical (unpaired) electrons. The molecule has 3 aromatic rings. The van der Waals surface area contributed by atoms with Gasteiger partial charge in [0.15, 0.2) is 0 Å². The van der Waals surface area contributed by atoms with Crippen molar-refractivity contribution in [3.63, 3.8) is 0 Å². The summed E-state index contributed by atoms with van der Waals surface area (Å²) in [6, 6.07) is 14.3. The molecule has 0 aliphatic rings. The van der Waals surface area contributed by atoms with Gasteiger partial charge in [-0.2, -0.15) is 0 Å². The van der Waals surface area contributed by atoms with Gasteiger partial charge in [-0.05, 0) is 41.8 Å². The first-order valence-corrected chi connectivity index (χ1v) is 9.37. The lowest BCUT2D eigenvalue weighted by molar-refractivity contribution is 0.262. The van der Waals surface area contributed by atoms with Crippen molar-refractivity contribution < 1.29 is 13.9 Å². The molecule has 1 heterocycles. The molecule has 0 aliphatic carbocycles. The molecule has 2 N–H and O–H groups in total. The number of benzene rings is 2. The molecular formula is C22H21ClFN3O2. The average molecular weight is 414 g/mol. The van der Waals surface area contributed by atoms with Crippen LogP contribution in [0.5, 0.6) is 11.6 Å². The second kappa shape index (κ2) is 8.49. The highest BCUT2D eigenvalue weighted by molar-refractivity contribution is 6.30. The maximum Gasteiger partial charge on any atom is 0.323 e. The summed E-state index contributed by atoms with van der Waals surface area (Å²) in [4.78, 5) is 16.6. The lowest BCUT2D eigenvalue weighted by atomic mass is 9.86. The van der Waals surface area contributed by atoms with E-state index in [2.05, 4.69) is 36.4 Å². The van der Waals surface area contributed by atoms with Gasteiger partial charge in [-0.15, -0.1) is 0 Å². The molecule has 0 bridgehead atoms. The Morgan fingerprint density at radius 2 is 1.76 bits per heavy atom. The van der Waals surface area contributed by atoms with Gasteiger partial charge in [-0.1, -0.05) is 50.6 Å². The van der Waals surface area contributed by atoms with E-state index in [4.69, 9.17) is 16.3 Å². The van der Waals surface area contributed by atoms with E-state index in [0.717, 1.165) is 11.6 Å². The average Bonchev–Trinajstić information content (AvgIpc) is 2.65. The molecule has 2 amide bonds. The van der Waals surface area contributed by atoms with Crippen LogP contribution >= 0.6 is 11.6 Å². The normalized spacial score (nSPS) is 11.1. The Labute approximate surface area is 173 Å². The number of nitrogens with one attached hydrogen (secondary N) is 2. The molecule has 0 atom stereocenters. The molecule has 0 spiro atoms. The molecule has 0 aliphatic heterocycles. The number of amides is 2. The van der Waals surface area contributed by atoms with E-state index in [9.17, 15) is 9.18 Å². The molecule has 150 valence electrons. The molecule has 0 fully saturated rings. The predicted molar refractivity (Wildman–Crippen MR) is 114 cm³/mol. The third-order valence-corrected chi connectivity index (χ3v) is 4.34. The van der Waals surface area contributed by atoms with Gasteiger partial charge in [-0.25, -0.2) is 14.2 Å². The van der Waals surface area contributed by atoms with Crippen molar-refractivity contribution in [1.82, 2.24) is 4.98 Å². The Hall–Kier alpha value is -3.12. The van der Waals surface area contributed by atoms with E-state index in [-0.39, 0.29) is 22.0 Å². The van der Waals surface area contributed by atoms with Crippen molar-refractivity contribution in [2.45, 2.75) is 26.2 Å². The van der Waals surface area contributed by atoms with Crippen LogP contribution in [0, 0.1) is 5.82 Å². The predicted octanol–water partition coefficient (Wildman–Crippen LogP) is 6.61. The van der Waals surface area contributed by atoms with Crippen molar-refractivity contribution in [1.29, 1.82) is 0 Å². The number of ether oxygens (including phenoxy) is 1. The third kappa shape index (κ3) is 5.23. The Bertz CT molecular complexity index is 1030. The number of nitrogens with zero attached hydrogens (tertiary/aromatic N) is 1. The fourth-order valence-corrected chi connectivity index (χ4v) is 2.87. The van der Waals surface area contributed by atoms with E-state index in [1.54, 1.807) is 18.3 Å². The summed E-state index contributed by atoms with van der Waals surface area (Å²) in [5.41, 5.74) is 1.23. The number of para-hydroxylation sites is 1. The first-order valence-electron chi connectivity index (χ1n) is 8.99. The van der Waals surface area contributed by atoms with Crippen molar-refractivity contribution >= 4 is 29.0 Å². The number of carbonyl (C=O) groups excluding carboxylic acids is 1. The molecule has 5 nitrogen and oxygen atoms in total. The minimum absolute atomic E-state index is 0.0105. The van der Waals surface area contributed by atoms with E-state index in [0.29, 0.717) is 11.4 Å². The zero-order chi connectivity index (χ0) is 21.0. The standard InChI is InChI=1S/C22H21ClFN3O2/c1-22(2,3)15-7-4-5-9-19(15)29-20-18(8-6-12-25-20)27-21(28)26-17-11-10-14(23)13-16(17)24/h4-13H,1-3H3,(H2,26,27,28). The number of hydrogen-bond acceptors (Lipinski definition) is 3. The topological polar surface area (TPSA) is 63.2 Å². The molecule has 3 rings (SSSR count). The summed E-state index contributed by atoms with van der Waals surface area (Å²) in [5, 5.41) is 5.33. The van der Waals surface area contributed by atoms with Crippen molar-refractivity contribution in [2.24, 2.45) is 0 Å². The van der Waals surface area contributed by atoms with Gasteiger partial charge in [0.05, 0.1) is 5.69 Å². The first kappa shape index (κ1) is 20.6. The molecule has 0 unspecified atom stereocenters. The fourth-order valence-electron chi connectivity index (χ4n) is 2.71. The number of carbonyl (C=O) groups is 1. The van der Waals surface area contributed by atoms with Crippen LogP contribution in [0.1, 0.15) is 26.3 Å². The zero-order valence-electron chi connectivity index (χ0n) is 16.3. The highest BCUT2D eigenvalue weighted by Crippen LogP contribution is 2.35. The molecular weight excluding hydrogens is 393 g/mol. The molecule has 29 heavy (non-hydrogen) atoms. The monoisotopic (exact) mass is 413 g/mol. The quantitative estimate of drug-likeness (QED) is 0.506. The van der Waals surface area contributed by atoms with Gasteiger partial charge >= 0.3 is 6.03 Å². The zero-order valence-corrected chi connectivity index (χ0v) is 17.0. The lowest BCUT2D eigenvalue weighted by Gasteiger charge is -2.22. The lowest BCUT2D eigenvalue weighted by Crippen LogP contribution is -2.20. The highest BCUT2D eigenvalue weighted by atomic mass is 35.5. The van der Waals surface area contributed by atoms with E-state index < -0.39 is 11.8 Å². The van der Waals surface area contributed by atoms with Gasteiger partial charge in [0.2, 0.25) is 5.88 Å². The summed E-state index contributed by atoms with van der Waals surface area (Å²) in [6.07, 6.45) is 1.57. The van der Waals surface area contributed by atoms with Gasteiger partial charge < -0.3 is 15.4 Å². The molecule has 0 saturated heterocycles. The fraction of sp³-hybridized carbons (Fsp3) is 0.182. The number of aromatic nitrogens is 1.